The predicted octanol–water partition coefficient (Wildman–Crippen LogP) is 18.2. The minimum absolute atomic E-state index is 0.362. The molecule has 0 radical (unpaired) electrons. The number of rotatable bonds is 54. The van der Waals surface area contributed by atoms with Crippen molar-refractivity contribution in [2.75, 3.05) is 6.61 Å². The van der Waals surface area contributed by atoms with E-state index in [0.29, 0.717) is 6.42 Å². The topological polar surface area (TPSA) is 89.8 Å². The molecule has 0 aliphatic rings. The standard InChI is InChI=1S/C60H115NO4/c1-3-5-7-9-11-13-15-17-18-19-20-21-22-23-24-25-26-27-28-29-30-31-32-33-34-35-36-37-38-39-40-41-43-45-47-49-51-53-55-59(64)60(65)61-57(56-62)58(63)54-52-50-48-46-44-42-16-14-12-10-8-6-4-2/h26-27,29-30,52,54,57-59,62-64H,3-25,28,31-51,53,55-56H2,1-2H3,(H,61,65)/b27-26-,30-29-,54-52+. The summed E-state index contributed by atoms with van der Waals surface area (Å²) in [5.74, 6) is -0.501. The van der Waals surface area contributed by atoms with Crippen LogP contribution < -0.4 is 5.32 Å². The van der Waals surface area contributed by atoms with E-state index in [0.717, 1.165) is 38.5 Å². The van der Waals surface area contributed by atoms with Gasteiger partial charge in [0.15, 0.2) is 0 Å². The fraction of sp³-hybridized carbons (Fsp3) is 0.883. The average molecular weight is 915 g/mol. The molecule has 0 aliphatic carbocycles. The Hall–Kier alpha value is -1.43. The molecule has 0 spiro atoms. The highest BCUT2D eigenvalue weighted by Gasteiger charge is 2.22. The van der Waals surface area contributed by atoms with Gasteiger partial charge in [0.1, 0.15) is 6.10 Å². The van der Waals surface area contributed by atoms with E-state index in [1.807, 2.05) is 6.08 Å². The molecule has 0 aromatic rings. The molecule has 0 fully saturated rings. The van der Waals surface area contributed by atoms with Gasteiger partial charge in [-0.3, -0.25) is 4.79 Å². The van der Waals surface area contributed by atoms with E-state index >= 15 is 0 Å². The lowest BCUT2D eigenvalue weighted by atomic mass is 10.0. The van der Waals surface area contributed by atoms with Crippen LogP contribution in [-0.4, -0.2) is 46.1 Å². The van der Waals surface area contributed by atoms with Crippen LogP contribution in [0.1, 0.15) is 316 Å². The maximum atomic E-state index is 12.5. The van der Waals surface area contributed by atoms with E-state index in [2.05, 4.69) is 43.5 Å². The molecule has 0 aliphatic heterocycles. The summed E-state index contributed by atoms with van der Waals surface area (Å²) in [6, 6.07) is -0.796. The molecule has 0 saturated carbocycles. The number of carbonyl (C=O) groups is 1. The van der Waals surface area contributed by atoms with Crippen molar-refractivity contribution in [3.8, 4) is 0 Å². The van der Waals surface area contributed by atoms with Gasteiger partial charge in [0.2, 0.25) is 5.91 Å². The number of amides is 1. The molecule has 0 aromatic heterocycles. The van der Waals surface area contributed by atoms with Crippen LogP contribution in [-0.2, 0) is 4.79 Å². The highest BCUT2D eigenvalue weighted by molar-refractivity contribution is 5.80. The normalized spacial score (nSPS) is 13.5. The summed E-state index contributed by atoms with van der Waals surface area (Å²) in [4.78, 5) is 12.5. The highest BCUT2D eigenvalue weighted by atomic mass is 16.3. The Labute approximate surface area is 406 Å². The molecule has 1 amide bonds. The Balaban J connectivity index is 3.48. The Kier molecular flexibility index (Phi) is 54.0. The highest BCUT2D eigenvalue weighted by Crippen LogP contribution is 2.17. The summed E-state index contributed by atoms with van der Waals surface area (Å²) < 4.78 is 0. The molecule has 0 rings (SSSR count). The second kappa shape index (κ2) is 55.2. The first-order chi connectivity index (χ1) is 32.1. The van der Waals surface area contributed by atoms with Gasteiger partial charge in [-0.2, -0.15) is 0 Å². The van der Waals surface area contributed by atoms with E-state index in [1.165, 1.54) is 257 Å². The Morgan fingerprint density at radius 3 is 0.969 bits per heavy atom. The van der Waals surface area contributed by atoms with Crippen molar-refractivity contribution in [1.29, 1.82) is 0 Å². The lowest BCUT2D eigenvalue weighted by molar-refractivity contribution is -0.131. The van der Waals surface area contributed by atoms with E-state index in [-0.39, 0.29) is 6.61 Å². The summed E-state index contributed by atoms with van der Waals surface area (Å²) in [5, 5.41) is 33.3. The van der Waals surface area contributed by atoms with E-state index < -0.39 is 24.2 Å². The van der Waals surface area contributed by atoms with Crippen molar-refractivity contribution in [1.82, 2.24) is 5.32 Å². The largest absolute Gasteiger partial charge is 0.394 e. The average Bonchev–Trinajstić information content (AvgIpc) is 3.31. The van der Waals surface area contributed by atoms with Gasteiger partial charge in [-0.15, -0.1) is 0 Å². The van der Waals surface area contributed by atoms with Crippen molar-refractivity contribution < 1.29 is 20.1 Å². The first-order valence-corrected chi connectivity index (χ1v) is 29.3. The third kappa shape index (κ3) is 50.3. The second-order valence-electron chi connectivity index (χ2n) is 20.2. The van der Waals surface area contributed by atoms with Gasteiger partial charge in [0.25, 0.3) is 0 Å². The van der Waals surface area contributed by atoms with Crippen LogP contribution >= 0.6 is 0 Å². The molecule has 4 N–H and O–H groups in total. The van der Waals surface area contributed by atoms with Crippen LogP contribution in [0.15, 0.2) is 36.5 Å². The number of hydrogen-bond donors (Lipinski definition) is 4. The molecule has 0 bridgehead atoms. The quantitative estimate of drug-likeness (QED) is 0.0361. The van der Waals surface area contributed by atoms with Crippen molar-refractivity contribution in [3.05, 3.63) is 36.5 Å². The van der Waals surface area contributed by atoms with E-state index in [1.54, 1.807) is 6.08 Å². The molecular formula is C60H115NO4. The fourth-order valence-electron chi connectivity index (χ4n) is 9.16. The zero-order chi connectivity index (χ0) is 47.2. The summed E-state index contributed by atoms with van der Waals surface area (Å²) in [6.07, 6.45) is 72.5. The third-order valence-corrected chi connectivity index (χ3v) is 13.7. The van der Waals surface area contributed by atoms with Gasteiger partial charge in [-0.25, -0.2) is 0 Å². The van der Waals surface area contributed by atoms with Crippen molar-refractivity contribution in [2.45, 2.75) is 334 Å². The van der Waals surface area contributed by atoms with Gasteiger partial charge in [0.05, 0.1) is 18.8 Å². The number of aliphatic hydroxyl groups excluding tert-OH is 3. The summed E-state index contributed by atoms with van der Waals surface area (Å²) >= 11 is 0. The van der Waals surface area contributed by atoms with Crippen molar-refractivity contribution in [3.63, 3.8) is 0 Å². The van der Waals surface area contributed by atoms with Crippen LogP contribution in [0, 0.1) is 0 Å². The van der Waals surface area contributed by atoms with Crippen LogP contribution in [0.25, 0.3) is 0 Å². The molecule has 3 unspecified atom stereocenters. The third-order valence-electron chi connectivity index (χ3n) is 13.7. The first-order valence-electron chi connectivity index (χ1n) is 29.3. The molecule has 0 saturated heterocycles. The second-order valence-corrected chi connectivity index (χ2v) is 20.2. The summed E-state index contributed by atoms with van der Waals surface area (Å²) in [6.45, 7) is 4.20. The molecule has 0 aromatic carbocycles. The first kappa shape index (κ1) is 63.6. The predicted molar refractivity (Wildman–Crippen MR) is 287 cm³/mol. The minimum atomic E-state index is -1.10. The molecule has 5 nitrogen and oxygen atoms in total. The van der Waals surface area contributed by atoms with Crippen LogP contribution in [0.3, 0.4) is 0 Å². The van der Waals surface area contributed by atoms with Gasteiger partial charge in [0, 0.05) is 0 Å². The van der Waals surface area contributed by atoms with Crippen LogP contribution in [0.5, 0.6) is 0 Å². The van der Waals surface area contributed by atoms with Gasteiger partial charge < -0.3 is 20.6 Å². The minimum Gasteiger partial charge on any atom is -0.394 e. The van der Waals surface area contributed by atoms with E-state index in [4.69, 9.17) is 0 Å². The Morgan fingerprint density at radius 2 is 0.662 bits per heavy atom. The zero-order valence-electron chi connectivity index (χ0n) is 43.9. The zero-order valence-corrected chi connectivity index (χ0v) is 43.9. The fourth-order valence-corrected chi connectivity index (χ4v) is 9.16. The molecule has 5 heteroatoms. The Bertz CT molecular complexity index is 1010. The molecule has 0 heterocycles. The number of hydrogen-bond acceptors (Lipinski definition) is 4. The summed E-state index contributed by atoms with van der Waals surface area (Å²) in [7, 11) is 0. The molecular weight excluding hydrogens is 799 g/mol. The Morgan fingerprint density at radius 1 is 0.385 bits per heavy atom. The lowest BCUT2D eigenvalue weighted by Gasteiger charge is -2.21. The van der Waals surface area contributed by atoms with Gasteiger partial charge >= 0.3 is 0 Å². The monoisotopic (exact) mass is 914 g/mol. The number of carbonyl (C=O) groups excluding carboxylic acids is 1. The van der Waals surface area contributed by atoms with Crippen molar-refractivity contribution >= 4 is 5.91 Å². The van der Waals surface area contributed by atoms with Gasteiger partial charge in [-0.05, 0) is 51.4 Å². The molecule has 3 atom stereocenters. The lowest BCUT2D eigenvalue weighted by Crippen LogP contribution is -2.48. The van der Waals surface area contributed by atoms with Crippen LogP contribution in [0.2, 0.25) is 0 Å². The van der Waals surface area contributed by atoms with Crippen molar-refractivity contribution in [2.24, 2.45) is 0 Å². The summed E-state index contributed by atoms with van der Waals surface area (Å²) in [5.41, 5.74) is 0. The number of aliphatic hydroxyl groups is 3. The SMILES string of the molecule is CCCCCCCCCCCCC/C=C/C(O)C(CO)NC(=O)C(O)CCCCCCCCCCCCCCCCCC/C=C\C/C=C\CCCCCCCCCCCCCCCCC. The smallest absolute Gasteiger partial charge is 0.249 e. The molecule has 384 valence electrons. The number of nitrogens with one attached hydrogen (secondary N) is 1. The number of unbranched alkanes of at least 4 members (excludes halogenated alkanes) is 42. The van der Waals surface area contributed by atoms with Crippen LogP contribution in [0.4, 0.5) is 0 Å². The molecule has 65 heavy (non-hydrogen) atoms. The van der Waals surface area contributed by atoms with Gasteiger partial charge in [-0.1, -0.05) is 301 Å². The maximum absolute atomic E-state index is 12.5. The van der Waals surface area contributed by atoms with E-state index in [9.17, 15) is 20.1 Å². The number of allylic oxidation sites excluding steroid dienone is 5. The maximum Gasteiger partial charge on any atom is 0.249 e.